The van der Waals surface area contributed by atoms with Gasteiger partial charge in [-0.05, 0) is 79.0 Å². The van der Waals surface area contributed by atoms with Crippen LogP contribution in [-0.4, -0.2) is 0 Å². The number of hydrogen-bond acceptors (Lipinski definition) is 3. The summed E-state index contributed by atoms with van der Waals surface area (Å²) in [6.45, 7) is 6.78. The summed E-state index contributed by atoms with van der Waals surface area (Å²) in [5.41, 5.74) is 3.76. The third kappa shape index (κ3) is 10.3. The van der Waals surface area contributed by atoms with E-state index in [4.69, 9.17) is 11.8 Å². The fourth-order valence-electron chi connectivity index (χ4n) is 4.55. The minimum atomic E-state index is 0. The number of hydrogen-bond donors (Lipinski definition) is 0. The first-order valence-electron chi connectivity index (χ1n) is 13.0. The van der Waals surface area contributed by atoms with Gasteiger partial charge in [0.2, 0.25) is 0 Å². The van der Waals surface area contributed by atoms with Crippen LogP contribution in [0.4, 0.5) is 0 Å². The van der Waals surface area contributed by atoms with Crippen LogP contribution < -0.4 is 0 Å². The van der Waals surface area contributed by atoms with Gasteiger partial charge < -0.3 is 0 Å². The van der Waals surface area contributed by atoms with E-state index in [9.17, 15) is 0 Å². The second kappa shape index (κ2) is 20.0. The van der Waals surface area contributed by atoms with Gasteiger partial charge in [-0.1, -0.05) is 170 Å². The molecule has 8 heteroatoms. The van der Waals surface area contributed by atoms with Crippen LogP contribution in [0, 0.1) is 17.2 Å². The highest BCUT2D eigenvalue weighted by molar-refractivity contribution is 9.11. The van der Waals surface area contributed by atoms with E-state index >= 15 is 0 Å². The van der Waals surface area contributed by atoms with Crippen LogP contribution >= 0.6 is 87.4 Å². The first kappa shape index (κ1) is 38.9. The number of benzene rings is 6. The number of nitrogens with zero attached hydrogens (tertiary/aromatic N) is 2. The van der Waals surface area contributed by atoms with Crippen molar-refractivity contribution in [3.8, 4) is 5.40 Å². The van der Waals surface area contributed by atoms with Crippen LogP contribution in [0.1, 0.15) is 33.0 Å². The summed E-state index contributed by atoms with van der Waals surface area (Å²) in [4.78, 5) is 0. The predicted molar refractivity (Wildman–Crippen MR) is 218 cm³/mol. The molecule has 0 radical (unpaired) electrons. The molecule has 0 saturated carbocycles. The molecule has 0 unspecified atom stereocenters. The van der Waals surface area contributed by atoms with Gasteiger partial charge >= 0.3 is 0 Å². The lowest BCUT2D eigenvalue weighted by Gasteiger charge is -2.05. The molecule has 0 heterocycles. The van der Waals surface area contributed by atoms with Crippen LogP contribution in [-0.2, 0) is 16.8 Å². The van der Waals surface area contributed by atoms with Gasteiger partial charge in [0.25, 0.3) is 11.9 Å². The van der Waals surface area contributed by atoms with Crippen LogP contribution in [0.2, 0.25) is 0 Å². The molecule has 0 spiro atoms. The van der Waals surface area contributed by atoms with Gasteiger partial charge in [-0.15, -0.1) is 0 Å². The van der Waals surface area contributed by atoms with Gasteiger partial charge in [0, 0.05) is 25.9 Å². The van der Waals surface area contributed by atoms with Crippen LogP contribution in [0.15, 0.2) is 123 Å². The van der Waals surface area contributed by atoms with Crippen molar-refractivity contribution in [3.05, 3.63) is 150 Å². The van der Waals surface area contributed by atoms with Crippen molar-refractivity contribution in [3.63, 3.8) is 0 Å². The summed E-state index contributed by atoms with van der Waals surface area (Å²) < 4.78 is 6.68. The predicted octanol–water partition coefficient (Wildman–Crippen LogP) is 15.0. The SMILES string of the molecule is BrCc1ccc(Br)c2ccccc12.C.C.N#CSCc1ccc(Br)c2ccccc12.[2HH].[C-]#[N+]SCc1ccc(Br)c2ccccc12. The van der Waals surface area contributed by atoms with Crippen molar-refractivity contribution in [2.45, 2.75) is 31.7 Å². The Bertz CT molecular complexity index is 1860. The molecule has 6 aromatic carbocycles. The summed E-state index contributed by atoms with van der Waals surface area (Å²) in [5, 5.41) is 19.0. The Labute approximate surface area is 311 Å². The monoisotopic (exact) mass is 887 g/mol. The van der Waals surface area contributed by atoms with E-state index in [-0.39, 0.29) is 16.3 Å². The quantitative estimate of drug-likeness (QED) is 0.0747. The third-order valence-corrected chi connectivity index (χ3v) is 10.4. The van der Waals surface area contributed by atoms with Crippen LogP contribution in [0.3, 0.4) is 0 Å². The number of thiocyanates is 1. The summed E-state index contributed by atoms with van der Waals surface area (Å²) in [7, 11) is 0. The summed E-state index contributed by atoms with van der Waals surface area (Å²) >= 11 is 16.6. The Hall–Kier alpha value is -2.30. The number of thioether (sulfide) groups is 1. The molecule has 0 amide bonds. The van der Waals surface area contributed by atoms with Gasteiger partial charge in [0.05, 0.1) is 5.75 Å². The molecule has 6 aromatic rings. The van der Waals surface area contributed by atoms with Gasteiger partial charge in [0.1, 0.15) is 5.40 Å². The van der Waals surface area contributed by atoms with Crippen molar-refractivity contribution in [2.24, 2.45) is 0 Å². The summed E-state index contributed by atoms with van der Waals surface area (Å²) in [5.74, 6) is 1.49. The molecule has 0 aliphatic rings. The molecule has 0 aromatic heterocycles. The molecule has 0 bridgehead atoms. The molecule has 45 heavy (non-hydrogen) atoms. The maximum absolute atomic E-state index is 8.56. The lowest BCUT2D eigenvalue weighted by Crippen LogP contribution is -1.83. The smallest absolute Gasteiger partial charge is 0.229 e. The van der Waals surface area contributed by atoms with E-state index in [0.29, 0.717) is 0 Å². The van der Waals surface area contributed by atoms with E-state index in [2.05, 4.69) is 146 Å². The third-order valence-electron chi connectivity index (χ3n) is 6.60. The van der Waals surface area contributed by atoms with Crippen molar-refractivity contribution in [2.75, 3.05) is 0 Å². The van der Waals surface area contributed by atoms with Crippen molar-refractivity contribution in [1.29, 1.82) is 5.26 Å². The molecule has 0 saturated heterocycles. The standard InChI is InChI=1S/2C12H8BrNS.C11H8Br2.2CH4.H2/c1-14-15-8-9-6-7-12(13)11-5-3-2-4-10(9)11;13-12-6-5-9(7-15-8-14)10-3-1-2-4-11(10)12;12-7-8-5-6-11(13)10-4-2-1-3-9(8)10;;;/h2-7H,8H2;1-6H,7H2;1-6H,7H2;2*1H4;1H/i;;;;;1+1. The van der Waals surface area contributed by atoms with E-state index in [1.807, 2.05) is 36.4 Å². The number of alkyl halides is 1. The summed E-state index contributed by atoms with van der Waals surface area (Å²) in [6, 6.07) is 37.3. The summed E-state index contributed by atoms with van der Waals surface area (Å²) in [6.07, 6.45) is 0. The average molecular weight is 891 g/mol. The largest absolute Gasteiger partial charge is 0.261 e. The van der Waals surface area contributed by atoms with Gasteiger partial charge in [0.15, 0.2) is 0 Å². The Kier molecular flexibility index (Phi) is 17.3. The highest BCUT2D eigenvalue weighted by atomic mass is 79.9. The first-order chi connectivity index (χ1) is 21.0. The number of halogens is 4. The Morgan fingerprint density at radius 1 is 0.578 bits per heavy atom. The molecule has 2 nitrogen and oxygen atoms in total. The molecule has 0 aliphatic heterocycles. The minimum Gasteiger partial charge on any atom is -0.229 e. The van der Waals surface area contributed by atoms with Gasteiger partial charge in [-0.2, -0.15) is 5.26 Å². The van der Waals surface area contributed by atoms with Gasteiger partial charge in [-0.3, -0.25) is 0 Å². The minimum absolute atomic E-state index is 0. The number of rotatable bonds is 5. The zero-order chi connectivity index (χ0) is 30.6. The average Bonchev–Trinajstić information content (AvgIpc) is 3.05. The first-order valence-corrected chi connectivity index (χ1v) is 18.4. The Balaban J connectivity index is 0.000000335. The maximum Gasteiger partial charge on any atom is 0.261 e. The van der Waals surface area contributed by atoms with Crippen molar-refractivity contribution < 1.29 is 1.43 Å². The Morgan fingerprint density at radius 2 is 0.933 bits per heavy atom. The van der Waals surface area contributed by atoms with E-state index < -0.39 is 0 Å². The van der Waals surface area contributed by atoms with Crippen molar-refractivity contribution >= 4 is 120 Å². The molecule has 0 aliphatic carbocycles. The normalized spacial score (nSPS) is 9.82. The van der Waals surface area contributed by atoms with Crippen LogP contribution in [0.5, 0.6) is 0 Å². The fraction of sp³-hybridized carbons (Fsp3) is 0.135. The van der Waals surface area contributed by atoms with E-state index in [1.165, 1.54) is 72.7 Å². The molecule has 0 fully saturated rings. The highest BCUT2D eigenvalue weighted by Crippen LogP contribution is 2.30. The zero-order valence-electron chi connectivity index (χ0n) is 22.7. The fourth-order valence-corrected chi connectivity index (χ4v) is 7.40. The number of nitriles is 1. The lowest BCUT2D eigenvalue weighted by molar-refractivity contribution is 1.46. The molecule has 6 rings (SSSR count). The zero-order valence-corrected chi connectivity index (χ0v) is 30.7. The number of fused-ring (bicyclic) bond motifs is 3. The highest BCUT2D eigenvalue weighted by Gasteiger charge is 2.06. The van der Waals surface area contributed by atoms with E-state index in [1.54, 1.807) is 0 Å². The second-order valence-electron chi connectivity index (χ2n) is 9.13. The van der Waals surface area contributed by atoms with Crippen LogP contribution in [0.25, 0.3) is 36.6 Å². The maximum atomic E-state index is 8.56. The molecular weight excluding hydrogens is 856 g/mol. The molecular formula is C37H34Br4N2S2. The molecule has 232 valence electrons. The molecule has 0 N–H and O–H groups in total. The molecule has 0 atom stereocenters. The lowest BCUT2D eigenvalue weighted by atomic mass is 10.1. The van der Waals surface area contributed by atoms with Crippen molar-refractivity contribution in [1.82, 2.24) is 0 Å². The van der Waals surface area contributed by atoms with Gasteiger partial charge in [-0.25, -0.2) is 10.8 Å². The Morgan fingerprint density at radius 3 is 1.31 bits per heavy atom. The van der Waals surface area contributed by atoms with E-state index in [0.717, 1.165) is 30.3 Å². The second-order valence-corrected chi connectivity index (χ2v) is 13.7. The topological polar surface area (TPSA) is 28.1 Å².